The number of hydrogen-bond acceptors (Lipinski definition) is 6. The molecule has 0 aliphatic heterocycles. The molecule has 2 heterocycles. The molecule has 1 N–H and O–H groups in total. The molecule has 26 heavy (non-hydrogen) atoms. The van der Waals surface area contributed by atoms with Gasteiger partial charge in [-0.25, -0.2) is 9.97 Å². The van der Waals surface area contributed by atoms with Gasteiger partial charge in [-0.3, -0.25) is 4.79 Å². The molecule has 0 atom stereocenters. The summed E-state index contributed by atoms with van der Waals surface area (Å²) in [4.78, 5) is 21.1. The highest BCUT2D eigenvalue weighted by atomic mass is 32.1. The molecule has 0 unspecified atom stereocenters. The number of carbonyl (C=O) groups excluding carboxylic acids is 1. The van der Waals surface area contributed by atoms with E-state index in [1.165, 1.54) is 11.3 Å². The first kappa shape index (κ1) is 17.9. The molecule has 134 valence electrons. The van der Waals surface area contributed by atoms with Gasteiger partial charge in [0.2, 0.25) is 5.88 Å². The number of hydrogen-bond donors (Lipinski definition) is 1. The van der Waals surface area contributed by atoms with Crippen LogP contribution in [0.2, 0.25) is 0 Å². The monoisotopic (exact) mass is 369 g/mol. The average molecular weight is 369 g/mol. The zero-order valence-electron chi connectivity index (χ0n) is 14.6. The van der Waals surface area contributed by atoms with Gasteiger partial charge in [0.15, 0.2) is 0 Å². The Hall–Kier alpha value is -2.93. The topological polar surface area (TPSA) is 73.3 Å². The number of nitrogens with one attached hydrogen (secondary N) is 1. The summed E-state index contributed by atoms with van der Waals surface area (Å²) in [5.41, 5.74) is 3.30. The molecule has 1 aromatic carbocycles. The first-order chi connectivity index (χ1) is 12.7. The molecule has 6 nitrogen and oxygen atoms in total. The van der Waals surface area contributed by atoms with Crippen molar-refractivity contribution in [3.63, 3.8) is 0 Å². The fourth-order valence-electron chi connectivity index (χ4n) is 2.29. The number of ether oxygens (including phenoxy) is 2. The van der Waals surface area contributed by atoms with E-state index in [2.05, 4.69) is 15.3 Å². The molecule has 0 radical (unpaired) electrons. The zero-order valence-corrected chi connectivity index (χ0v) is 15.4. The zero-order chi connectivity index (χ0) is 18.4. The fraction of sp³-hybridized carbons (Fsp3) is 0.211. The van der Waals surface area contributed by atoms with Crippen molar-refractivity contribution in [3.8, 4) is 17.4 Å². The van der Waals surface area contributed by atoms with E-state index >= 15 is 0 Å². The minimum Gasteiger partial charge on any atom is -0.494 e. The van der Waals surface area contributed by atoms with E-state index in [-0.39, 0.29) is 5.91 Å². The Labute approximate surface area is 155 Å². The van der Waals surface area contributed by atoms with Gasteiger partial charge in [-0.05, 0) is 49.7 Å². The largest absolute Gasteiger partial charge is 0.494 e. The van der Waals surface area contributed by atoms with Crippen molar-refractivity contribution in [3.05, 3.63) is 64.2 Å². The van der Waals surface area contributed by atoms with Gasteiger partial charge in [0.25, 0.3) is 5.91 Å². The average Bonchev–Trinajstić information content (AvgIpc) is 3.08. The lowest BCUT2D eigenvalue weighted by Crippen LogP contribution is -2.22. The Bertz CT molecular complexity index is 878. The van der Waals surface area contributed by atoms with Gasteiger partial charge in [0.1, 0.15) is 16.4 Å². The fourth-order valence-corrected chi connectivity index (χ4v) is 3.01. The standard InChI is InChI=1S/C19H19N3O3S/c1-3-24-15-4-6-16(7-5-15)25-17-10-14(8-9-20-17)11-21-19(23)18-13(2)22-12-26-18/h4-10,12H,3,11H2,1-2H3,(H,21,23). The number of aryl methyl sites for hydroxylation is 1. The molecule has 1 amide bonds. The molecule has 0 bridgehead atoms. The summed E-state index contributed by atoms with van der Waals surface area (Å²) in [7, 11) is 0. The number of pyridine rings is 1. The summed E-state index contributed by atoms with van der Waals surface area (Å²) in [6.07, 6.45) is 1.66. The molecule has 3 rings (SSSR count). The summed E-state index contributed by atoms with van der Waals surface area (Å²) in [5, 5.41) is 2.89. The van der Waals surface area contributed by atoms with Crippen LogP contribution >= 0.6 is 11.3 Å². The number of aromatic nitrogens is 2. The van der Waals surface area contributed by atoms with Crippen molar-refractivity contribution < 1.29 is 14.3 Å². The molecule has 0 saturated carbocycles. The van der Waals surface area contributed by atoms with Crippen LogP contribution in [0.3, 0.4) is 0 Å². The van der Waals surface area contributed by atoms with E-state index < -0.39 is 0 Å². The second-order valence-electron chi connectivity index (χ2n) is 5.46. The van der Waals surface area contributed by atoms with Crippen molar-refractivity contribution in [2.75, 3.05) is 6.61 Å². The molecular formula is C19H19N3O3S. The normalized spacial score (nSPS) is 10.4. The Morgan fingerprint density at radius 3 is 2.62 bits per heavy atom. The lowest BCUT2D eigenvalue weighted by atomic mass is 10.2. The predicted molar refractivity (Wildman–Crippen MR) is 99.9 cm³/mol. The van der Waals surface area contributed by atoms with Gasteiger partial charge < -0.3 is 14.8 Å². The van der Waals surface area contributed by atoms with Gasteiger partial charge in [-0.15, -0.1) is 11.3 Å². The third kappa shape index (κ3) is 4.58. The number of benzene rings is 1. The van der Waals surface area contributed by atoms with Crippen LogP contribution < -0.4 is 14.8 Å². The Morgan fingerprint density at radius 1 is 1.15 bits per heavy atom. The third-order valence-electron chi connectivity index (χ3n) is 3.56. The number of thiazole rings is 1. The maximum Gasteiger partial charge on any atom is 0.263 e. The van der Waals surface area contributed by atoms with Crippen molar-refractivity contribution in [1.82, 2.24) is 15.3 Å². The summed E-state index contributed by atoms with van der Waals surface area (Å²) in [6.45, 7) is 4.77. The van der Waals surface area contributed by atoms with Gasteiger partial charge in [-0.2, -0.15) is 0 Å². The highest BCUT2D eigenvalue weighted by molar-refractivity contribution is 7.11. The minimum atomic E-state index is -0.129. The van der Waals surface area contributed by atoms with Crippen molar-refractivity contribution >= 4 is 17.2 Å². The number of amides is 1. The second kappa shape index (κ2) is 8.44. The summed E-state index contributed by atoms with van der Waals surface area (Å²) in [6, 6.07) is 11.0. The Morgan fingerprint density at radius 2 is 1.92 bits per heavy atom. The minimum absolute atomic E-state index is 0.129. The van der Waals surface area contributed by atoms with E-state index in [9.17, 15) is 4.79 Å². The van der Waals surface area contributed by atoms with E-state index in [0.717, 1.165) is 17.0 Å². The van der Waals surface area contributed by atoms with Crippen molar-refractivity contribution in [2.45, 2.75) is 20.4 Å². The van der Waals surface area contributed by atoms with Crippen molar-refractivity contribution in [2.24, 2.45) is 0 Å². The summed E-state index contributed by atoms with van der Waals surface area (Å²) < 4.78 is 11.2. The van der Waals surface area contributed by atoms with Gasteiger partial charge in [-0.1, -0.05) is 0 Å². The molecular weight excluding hydrogens is 350 g/mol. The van der Waals surface area contributed by atoms with Gasteiger partial charge >= 0.3 is 0 Å². The third-order valence-corrected chi connectivity index (χ3v) is 4.49. The smallest absolute Gasteiger partial charge is 0.263 e. The number of carbonyl (C=O) groups is 1. The predicted octanol–water partition coefficient (Wildman–Crippen LogP) is 3.97. The molecule has 0 saturated heterocycles. The van der Waals surface area contributed by atoms with Crippen LogP contribution in [0.25, 0.3) is 0 Å². The summed E-state index contributed by atoms with van der Waals surface area (Å²) >= 11 is 1.33. The quantitative estimate of drug-likeness (QED) is 0.682. The van der Waals surface area contributed by atoms with Crippen LogP contribution in [-0.2, 0) is 6.54 Å². The second-order valence-corrected chi connectivity index (χ2v) is 6.31. The Balaban J connectivity index is 1.61. The van der Waals surface area contributed by atoms with Crippen LogP contribution in [-0.4, -0.2) is 22.5 Å². The molecule has 2 aromatic heterocycles. The molecule has 0 aliphatic carbocycles. The van der Waals surface area contributed by atoms with E-state index in [1.54, 1.807) is 17.8 Å². The van der Waals surface area contributed by atoms with Crippen LogP contribution in [0.1, 0.15) is 27.9 Å². The van der Waals surface area contributed by atoms with E-state index in [1.807, 2.05) is 44.2 Å². The molecule has 7 heteroatoms. The summed E-state index contributed by atoms with van der Waals surface area (Å²) in [5.74, 6) is 1.80. The van der Waals surface area contributed by atoms with Crippen LogP contribution in [0.15, 0.2) is 48.1 Å². The molecule has 0 fully saturated rings. The maximum atomic E-state index is 12.2. The first-order valence-electron chi connectivity index (χ1n) is 8.19. The maximum absolute atomic E-state index is 12.2. The Kier molecular flexibility index (Phi) is 5.80. The van der Waals surface area contributed by atoms with Gasteiger partial charge in [0.05, 0.1) is 17.8 Å². The highest BCUT2D eigenvalue weighted by Crippen LogP contribution is 2.23. The van der Waals surface area contributed by atoms with E-state index in [0.29, 0.717) is 29.7 Å². The number of rotatable bonds is 7. The SMILES string of the molecule is CCOc1ccc(Oc2cc(CNC(=O)c3scnc3C)ccn2)cc1. The van der Waals surface area contributed by atoms with E-state index in [4.69, 9.17) is 9.47 Å². The van der Waals surface area contributed by atoms with Crippen molar-refractivity contribution in [1.29, 1.82) is 0 Å². The molecule has 0 spiro atoms. The van der Waals surface area contributed by atoms with Crippen LogP contribution in [0.4, 0.5) is 0 Å². The molecule has 0 aliphatic rings. The van der Waals surface area contributed by atoms with Crippen LogP contribution in [0, 0.1) is 6.92 Å². The van der Waals surface area contributed by atoms with Crippen LogP contribution in [0.5, 0.6) is 17.4 Å². The first-order valence-corrected chi connectivity index (χ1v) is 9.07. The lowest BCUT2D eigenvalue weighted by molar-refractivity contribution is 0.0954. The number of nitrogens with zero attached hydrogens (tertiary/aromatic N) is 2. The van der Waals surface area contributed by atoms with Gasteiger partial charge in [0, 0.05) is 18.8 Å². The highest BCUT2D eigenvalue weighted by Gasteiger charge is 2.11. The lowest BCUT2D eigenvalue weighted by Gasteiger charge is -2.08. The molecule has 3 aromatic rings.